The first kappa shape index (κ1) is 14.6. The molecule has 2 atom stereocenters. The van der Waals surface area contributed by atoms with Crippen LogP contribution in [0.15, 0.2) is 24.3 Å². The van der Waals surface area contributed by atoms with Crippen LogP contribution in [0.5, 0.6) is 0 Å². The molecule has 1 aromatic rings. The van der Waals surface area contributed by atoms with Gasteiger partial charge in [-0.1, -0.05) is 43.5 Å². The van der Waals surface area contributed by atoms with E-state index in [0.717, 1.165) is 13.0 Å². The van der Waals surface area contributed by atoms with Gasteiger partial charge in [-0.25, -0.2) is 0 Å². The average Bonchev–Trinajstić information content (AvgIpc) is 2.55. The van der Waals surface area contributed by atoms with Gasteiger partial charge in [0.1, 0.15) is 0 Å². The van der Waals surface area contributed by atoms with Crippen LogP contribution in [-0.4, -0.2) is 18.0 Å². The van der Waals surface area contributed by atoms with Crippen molar-refractivity contribution in [3.8, 4) is 0 Å². The SMILES string of the molecule is C[C@H](NC(=O)C1Cc2ccccc2CN1)C1CCCCC1. The van der Waals surface area contributed by atoms with E-state index < -0.39 is 0 Å². The van der Waals surface area contributed by atoms with E-state index in [2.05, 4.69) is 41.8 Å². The van der Waals surface area contributed by atoms with Crippen molar-refractivity contribution in [2.45, 2.75) is 64.1 Å². The van der Waals surface area contributed by atoms with Crippen molar-refractivity contribution in [1.82, 2.24) is 10.6 Å². The number of carbonyl (C=O) groups excluding carboxylic acids is 1. The molecular weight excluding hydrogens is 260 g/mol. The molecule has 0 aromatic heterocycles. The summed E-state index contributed by atoms with van der Waals surface area (Å²) in [6, 6.07) is 8.63. The molecule has 1 aliphatic heterocycles. The van der Waals surface area contributed by atoms with E-state index in [1.807, 2.05) is 0 Å². The highest BCUT2D eigenvalue weighted by Gasteiger charge is 2.27. The molecule has 0 radical (unpaired) electrons. The molecule has 1 unspecified atom stereocenters. The molecule has 114 valence electrons. The van der Waals surface area contributed by atoms with Crippen molar-refractivity contribution < 1.29 is 4.79 Å². The molecule has 3 heteroatoms. The fourth-order valence-corrected chi connectivity index (χ4v) is 3.72. The zero-order chi connectivity index (χ0) is 14.7. The lowest BCUT2D eigenvalue weighted by Crippen LogP contribution is -2.51. The average molecular weight is 286 g/mol. The molecule has 0 spiro atoms. The first-order valence-electron chi connectivity index (χ1n) is 8.34. The highest BCUT2D eigenvalue weighted by atomic mass is 16.2. The van der Waals surface area contributed by atoms with Gasteiger partial charge >= 0.3 is 0 Å². The monoisotopic (exact) mass is 286 g/mol. The second-order valence-corrected chi connectivity index (χ2v) is 6.60. The summed E-state index contributed by atoms with van der Waals surface area (Å²) >= 11 is 0. The van der Waals surface area contributed by atoms with E-state index in [0.29, 0.717) is 12.0 Å². The summed E-state index contributed by atoms with van der Waals surface area (Å²) in [7, 11) is 0. The van der Waals surface area contributed by atoms with E-state index in [-0.39, 0.29) is 11.9 Å². The third-order valence-electron chi connectivity index (χ3n) is 5.12. The normalized spacial score (nSPS) is 24.1. The molecule has 0 bridgehead atoms. The molecule has 2 N–H and O–H groups in total. The van der Waals surface area contributed by atoms with Gasteiger partial charge < -0.3 is 10.6 Å². The summed E-state index contributed by atoms with van der Waals surface area (Å²) in [5, 5.41) is 6.62. The van der Waals surface area contributed by atoms with Gasteiger partial charge in [0.25, 0.3) is 0 Å². The summed E-state index contributed by atoms with van der Waals surface area (Å²) in [5.74, 6) is 0.834. The Bertz CT molecular complexity index is 494. The van der Waals surface area contributed by atoms with Crippen molar-refractivity contribution in [2.75, 3.05) is 0 Å². The number of hydrogen-bond donors (Lipinski definition) is 2. The standard InChI is InChI=1S/C18H26N2O/c1-13(14-7-3-2-4-8-14)20-18(21)17-11-15-9-5-6-10-16(15)12-19-17/h5-6,9-10,13-14,17,19H,2-4,7-8,11-12H2,1H3,(H,20,21)/t13-,17?/m0/s1. The van der Waals surface area contributed by atoms with Gasteiger partial charge in [-0.05, 0) is 43.2 Å². The number of benzene rings is 1. The van der Waals surface area contributed by atoms with Gasteiger partial charge in [-0.15, -0.1) is 0 Å². The largest absolute Gasteiger partial charge is 0.352 e. The van der Waals surface area contributed by atoms with E-state index >= 15 is 0 Å². The predicted molar refractivity (Wildman–Crippen MR) is 85.0 cm³/mol. The minimum Gasteiger partial charge on any atom is -0.352 e. The van der Waals surface area contributed by atoms with Gasteiger partial charge in [-0.3, -0.25) is 4.79 Å². The summed E-state index contributed by atoms with van der Waals surface area (Å²) in [4.78, 5) is 12.5. The molecule has 1 saturated carbocycles. The zero-order valence-electron chi connectivity index (χ0n) is 12.9. The number of hydrogen-bond acceptors (Lipinski definition) is 2. The minimum absolute atomic E-state index is 0.0778. The second kappa shape index (κ2) is 6.61. The fourth-order valence-electron chi connectivity index (χ4n) is 3.72. The van der Waals surface area contributed by atoms with Gasteiger partial charge in [0.15, 0.2) is 0 Å². The van der Waals surface area contributed by atoms with Crippen molar-refractivity contribution in [3.63, 3.8) is 0 Å². The first-order chi connectivity index (χ1) is 10.2. The Morgan fingerprint density at radius 1 is 1.19 bits per heavy atom. The summed E-state index contributed by atoms with van der Waals surface area (Å²) in [6.07, 6.45) is 7.34. The minimum atomic E-state index is -0.0778. The van der Waals surface area contributed by atoms with Crippen LogP contribution in [0.2, 0.25) is 0 Å². The lowest BCUT2D eigenvalue weighted by atomic mass is 9.84. The van der Waals surface area contributed by atoms with Crippen LogP contribution in [0.3, 0.4) is 0 Å². The Hall–Kier alpha value is -1.35. The molecule has 3 nitrogen and oxygen atoms in total. The molecule has 1 heterocycles. The summed E-state index contributed by atoms with van der Waals surface area (Å²) < 4.78 is 0. The van der Waals surface area contributed by atoms with E-state index in [9.17, 15) is 4.79 Å². The molecule has 1 fully saturated rings. The molecule has 21 heavy (non-hydrogen) atoms. The molecule has 0 saturated heterocycles. The lowest BCUT2D eigenvalue weighted by molar-refractivity contribution is -0.124. The van der Waals surface area contributed by atoms with Crippen molar-refractivity contribution in [2.24, 2.45) is 5.92 Å². The van der Waals surface area contributed by atoms with Crippen LogP contribution >= 0.6 is 0 Å². The van der Waals surface area contributed by atoms with Crippen LogP contribution in [-0.2, 0) is 17.8 Å². The maximum Gasteiger partial charge on any atom is 0.237 e. The highest BCUT2D eigenvalue weighted by Crippen LogP contribution is 2.26. The van der Waals surface area contributed by atoms with Crippen LogP contribution in [0.25, 0.3) is 0 Å². The molecule has 3 rings (SSSR count). The van der Waals surface area contributed by atoms with Crippen LogP contribution in [0.1, 0.15) is 50.2 Å². The Labute approximate surface area is 127 Å². The number of carbonyl (C=O) groups is 1. The topological polar surface area (TPSA) is 41.1 Å². The third kappa shape index (κ3) is 3.46. The fraction of sp³-hybridized carbons (Fsp3) is 0.611. The second-order valence-electron chi connectivity index (χ2n) is 6.60. The first-order valence-corrected chi connectivity index (χ1v) is 8.34. The van der Waals surface area contributed by atoms with Crippen molar-refractivity contribution >= 4 is 5.91 Å². The molecular formula is C18H26N2O. The smallest absolute Gasteiger partial charge is 0.237 e. The van der Waals surface area contributed by atoms with Crippen LogP contribution in [0, 0.1) is 5.92 Å². The Balaban J connectivity index is 1.56. The molecule has 2 aliphatic rings. The third-order valence-corrected chi connectivity index (χ3v) is 5.12. The Morgan fingerprint density at radius 2 is 1.90 bits per heavy atom. The maximum atomic E-state index is 12.5. The Morgan fingerprint density at radius 3 is 2.67 bits per heavy atom. The lowest BCUT2D eigenvalue weighted by Gasteiger charge is -2.31. The van der Waals surface area contributed by atoms with Crippen molar-refractivity contribution in [1.29, 1.82) is 0 Å². The van der Waals surface area contributed by atoms with E-state index in [1.54, 1.807) is 0 Å². The quantitative estimate of drug-likeness (QED) is 0.897. The molecule has 1 aliphatic carbocycles. The van der Waals surface area contributed by atoms with Gasteiger partial charge in [0.2, 0.25) is 5.91 Å². The van der Waals surface area contributed by atoms with Gasteiger partial charge in [0.05, 0.1) is 6.04 Å². The number of amides is 1. The maximum absolute atomic E-state index is 12.5. The number of fused-ring (bicyclic) bond motifs is 1. The van der Waals surface area contributed by atoms with E-state index in [1.165, 1.54) is 43.2 Å². The number of nitrogens with one attached hydrogen (secondary N) is 2. The summed E-state index contributed by atoms with van der Waals surface area (Å²) in [6.45, 7) is 2.97. The molecule has 1 aromatic carbocycles. The van der Waals surface area contributed by atoms with E-state index in [4.69, 9.17) is 0 Å². The Kier molecular flexibility index (Phi) is 4.59. The summed E-state index contributed by atoms with van der Waals surface area (Å²) in [5.41, 5.74) is 2.63. The van der Waals surface area contributed by atoms with Gasteiger partial charge in [-0.2, -0.15) is 0 Å². The van der Waals surface area contributed by atoms with Gasteiger partial charge in [0, 0.05) is 12.6 Å². The highest BCUT2D eigenvalue weighted by molar-refractivity contribution is 5.82. The van der Waals surface area contributed by atoms with Crippen LogP contribution < -0.4 is 10.6 Å². The molecule has 1 amide bonds. The predicted octanol–water partition coefficient (Wildman–Crippen LogP) is 2.79. The zero-order valence-corrected chi connectivity index (χ0v) is 12.9. The number of rotatable bonds is 3. The van der Waals surface area contributed by atoms with Crippen molar-refractivity contribution in [3.05, 3.63) is 35.4 Å². The van der Waals surface area contributed by atoms with Crippen LogP contribution in [0.4, 0.5) is 0 Å².